The number of hydrogen-bond donors (Lipinski definition) is 1. The molecule has 2 aromatic heterocycles. The van der Waals surface area contributed by atoms with Crippen LogP contribution in [0, 0.1) is 13.8 Å². The third-order valence-electron chi connectivity index (χ3n) is 3.67. The largest absolute Gasteiger partial charge is 0.305 e. The van der Waals surface area contributed by atoms with Crippen LogP contribution in [0.4, 0.5) is 5.82 Å². The maximum Gasteiger partial charge on any atom is 0.281 e. The van der Waals surface area contributed by atoms with Crippen molar-refractivity contribution in [1.29, 1.82) is 0 Å². The molecular formula is C17H16N4O2. The van der Waals surface area contributed by atoms with Crippen molar-refractivity contribution in [1.82, 2.24) is 14.8 Å². The summed E-state index contributed by atoms with van der Waals surface area (Å²) in [5.41, 5.74) is 1.93. The minimum absolute atomic E-state index is 0.143. The molecule has 3 rings (SSSR count). The number of nitrogens with one attached hydrogen (secondary N) is 1. The number of rotatable bonds is 2. The van der Waals surface area contributed by atoms with Crippen molar-refractivity contribution in [3.8, 4) is 0 Å². The normalized spacial score (nSPS) is 10.7. The maximum absolute atomic E-state index is 12.6. The molecule has 2 heterocycles. The number of hydrogen-bond acceptors (Lipinski definition) is 4. The van der Waals surface area contributed by atoms with Crippen molar-refractivity contribution in [3.63, 3.8) is 0 Å². The number of nitrogens with zero attached hydrogens (tertiary/aromatic N) is 3. The van der Waals surface area contributed by atoms with E-state index in [2.05, 4.69) is 15.4 Å². The molecule has 6 heteroatoms. The number of aryl methyl sites for hydroxylation is 3. The number of anilines is 1. The Balaban J connectivity index is 2.09. The molecule has 0 spiro atoms. The number of fused-ring (bicyclic) bond motifs is 1. The SMILES string of the molecule is Cc1ccc2c(c1)c(=O)c(C(=O)Nc1ncccc1C)nn2C. The first-order chi connectivity index (χ1) is 11.0. The summed E-state index contributed by atoms with van der Waals surface area (Å²) in [5, 5.41) is 7.25. The van der Waals surface area contributed by atoms with E-state index < -0.39 is 5.91 Å². The summed E-state index contributed by atoms with van der Waals surface area (Å²) in [5.74, 6) is -0.138. The van der Waals surface area contributed by atoms with Gasteiger partial charge in [-0.3, -0.25) is 14.3 Å². The molecule has 1 amide bonds. The van der Waals surface area contributed by atoms with Gasteiger partial charge in [0.1, 0.15) is 5.82 Å². The molecule has 0 aliphatic rings. The highest BCUT2D eigenvalue weighted by atomic mass is 16.2. The van der Waals surface area contributed by atoms with Crippen LogP contribution in [-0.2, 0) is 7.05 Å². The molecule has 0 bridgehead atoms. The second-order valence-corrected chi connectivity index (χ2v) is 5.44. The van der Waals surface area contributed by atoms with Gasteiger partial charge in [-0.25, -0.2) is 4.98 Å². The Hall–Kier alpha value is -3.02. The number of aromatic nitrogens is 3. The fraction of sp³-hybridized carbons (Fsp3) is 0.176. The van der Waals surface area contributed by atoms with E-state index in [9.17, 15) is 9.59 Å². The highest BCUT2D eigenvalue weighted by Gasteiger charge is 2.17. The summed E-state index contributed by atoms with van der Waals surface area (Å²) >= 11 is 0. The molecule has 1 aromatic carbocycles. The average molecular weight is 308 g/mol. The second kappa shape index (κ2) is 5.64. The zero-order chi connectivity index (χ0) is 16.6. The van der Waals surface area contributed by atoms with Crippen LogP contribution in [0.25, 0.3) is 10.9 Å². The van der Waals surface area contributed by atoms with E-state index in [0.29, 0.717) is 16.7 Å². The van der Waals surface area contributed by atoms with Gasteiger partial charge in [-0.1, -0.05) is 17.7 Å². The summed E-state index contributed by atoms with van der Waals surface area (Å²) in [7, 11) is 1.71. The third-order valence-corrected chi connectivity index (χ3v) is 3.67. The van der Waals surface area contributed by atoms with Gasteiger partial charge in [0.15, 0.2) is 5.69 Å². The van der Waals surface area contributed by atoms with Crippen LogP contribution in [0.2, 0.25) is 0 Å². The van der Waals surface area contributed by atoms with Crippen molar-refractivity contribution < 1.29 is 4.79 Å². The first kappa shape index (κ1) is 14.9. The Morgan fingerprint density at radius 3 is 2.74 bits per heavy atom. The molecule has 23 heavy (non-hydrogen) atoms. The fourth-order valence-electron chi connectivity index (χ4n) is 2.42. The van der Waals surface area contributed by atoms with E-state index in [1.54, 1.807) is 25.4 Å². The fourth-order valence-corrected chi connectivity index (χ4v) is 2.42. The highest BCUT2D eigenvalue weighted by Crippen LogP contribution is 2.13. The van der Waals surface area contributed by atoms with Crippen molar-refractivity contribution in [3.05, 3.63) is 63.6 Å². The van der Waals surface area contributed by atoms with Gasteiger partial charge >= 0.3 is 0 Å². The van der Waals surface area contributed by atoms with Gasteiger partial charge in [0.25, 0.3) is 5.91 Å². The summed E-state index contributed by atoms with van der Waals surface area (Å²) in [4.78, 5) is 29.1. The van der Waals surface area contributed by atoms with Gasteiger partial charge in [-0.2, -0.15) is 5.10 Å². The summed E-state index contributed by atoms with van der Waals surface area (Å²) in [6.07, 6.45) is 1.58. The van der Waals surface area contributed by atoms with Crippen molar-refractivity contribution in [2.24, 2.45) is 7.05 Å². The van der Waals surface area contributed by atoms with E-state index in [-0.39, 0.29) is 11.1 Å². The molecular weight excluding hydrogens is 292 g/mol. The van der Waals surface area contributed by atoms with E-state index in [0.717, 1.165) is 11.1 Å². The van der Waals surface area contributed by atoms with E-state index in [1.807, 2.05) is 32.0 Å². The van der Waals surface area contributed by atoms with Crippen LogP contribution in [0.1, 0.15) is 21.6 Å². The van der Waals surface area contributed by atoms with Crippen molar-refractivity contribution in [2.75, 3.05) is 5.32 Å². The Kier molecular flexibility index (Phi) is 3.65. The van der Waals surface area contributed by atoms with Gasteiger partial charge in [-0.15, -0.1) is 0 Å². The molecule has 0 unspecified atom stereocenters. The zero-order valence-corrected chi connectivity index (χ0v) is 13.1. The van der Waals surface area contributed by atoms with Gasteiger partial charge in [0, 0.05) is 13.2 Å². The Labute approximate surface area is 132 Å². The van der Waals surface area contributed by atoms with Crippen LogP contribution < -0.4 is 10.7 Å². The van der Waals surface area contributed by atoms with Crippen LogP contribution in [0.5, 0.6) is 0 Å². The van der Waals surface area contributed by atoms with Crippen LogP contribution in [0.15, 0.2) is 41.3 Å². The van der Waals surface area contributed by atoms with E-state index >= 15 is 0 Å². The standard InChI is InChI=1S/C17H16N4O2/c1-10-6-7-13-12(9-10)15(22)14(20-21(13)3)17(23)19-16-11(2)5-4-8-18-16/h4-9H,1-3H3,(H,18,19,23). The topological polar surface area (TPSA) is 76.9 Å². The maximum atomic E-state index is 12.6. The van der Waals surface area contributed by atoms with Gasteiger partial charge in [0.05, 0.1) is 10.9 Å². The number of pyridine rings is 1. The summed E-state index contributed by atoms with van der Waals surface area (Å²) in [6.45, 7) is 3.73. The molecule has 0 atom stereocenters. The Morgan fingerprint density at radius 2 is 2.00 bits per heavy atom. The average Bonchev–Trinajstić information content (AvgIpc) is 2.53. The molecule has 0 aliphatic heterocycles. The second-order valence-electron chi connectivity index (χ2n) is 5.44. The van der Waals surface area contributed by atoms with Crippen LogP contribution >= 0.6 is 0 Å². The Bertz CT molecular complexity index is 976. The first-order valence-corrected chi connectivity index (χ1v) is 7.18. The third kappa shape index (κ3) is 2.70. The molecule has 0 saturated heterocycles. The summed E-state index contributed by atoms with van der Waals surface area (Å²) < 4.78 is 1.54. The monoisotopic (exact) mass is 308 g/mol. The number of carbonyl (C=O) groups excluding carboxylic acids is 1. The van der Waals surface area contributed by atoms with Crippen molar-refractivity contribution in [2.45, 2.75) is 13.8 Å². The molecule has 0 aliphatic carbocycles. The molecule has 0 saturated carbocycles. The minimum atomic E-state index is -0.559. The predicted octanol–water partition coefficient (Wildman–Crippen LogP) is 2.20. The lowest BCUT2D eigenvalue weighted by atomic mass is 10.1. The quantitative estimate of drug-likeness (QED) is 0.787. The predicted molar refractivity (Wildman–Crippen MR) is 88.6 cm³/mol. The molecule has 6 nitrogen and oxygen atoms in total. The lowest BCUT2D eigenvalue weighted by Crippen LogP contribution is -2.27. The summed E-state index contributed by atoms with van der Waals surface area (Å²) in [6, 6.07) is 9.10. The number of carbonyl (C=O) groups is 1. The van der Waals surface area contributed by atoms with Gasteiger partial charge in [0.2, 0.25) is 5.43 Å². The van der Waals surface area contributed by atoms with Crippen LogP contribution in [0.3, 0.4) is 0 Å². The highest BCUT2D eigenvalue weighted by molar-refractivity contribution is 6.04. The van der Waals surface area contributed by atoms with Crippen LogP contribution in [-0.4, -0.2) is 20.7 Å². The molecule has 0 fully saturated rings. The van der Waals surface area contributed by atoms with Gasteiger partial charge in [-0.05, 0) is 37.6 Å². The smallest absolute Gasteiger partial charge is 0.281 e. The number of amides is 1. The molecule has 3 aromatic rings. The lowest BCUT2D eigenvalue weighted by molar-refractivity contribution is 0.101. The minimum Gasteiger partial charge on any atom is -0.305 e. The Morgan fingerprint density at radius 1 is 1.22 bits per heavy atom. The van der Waals surface area contributed by atoms with Gasteiger partial charge < -0.3 is 5.32 Å². The lowest BCUT2D eigenvalue weighted by Gasteiger charge is -2.09. The molecule has 1 N–H and O–H groups in total. The first-order valence-electron chi connectivity index (χ1n) is 7.18. The molecule has 0 radical (unpaired) electrons. The number of benzene rings is 1. The molecule has 116 valence electrons. The van der Waals surface area contributed by atoms with Crippen molar-refractivity contribution >= 4 is 22.6 Å². The van der Waals surface area contributed by atoms with E-state index in [4.69, 9.17) is 0 Å². The van der Waals surface area contributed by atoms with E-state index in [1.165, 1.54) is 4.68 Å². The zero-order valence-electron chi connectivity index (χ0n) is 13.1.